The van der Waals surface area contributed by atoms with Crippen molar-refractivity contribution >= 4 is 61.0 Å². The van der Waals surface area contributed by atoms with E-state index in [1.165, 1.54) is 0 Å². The van der Waals surface area contributed by atoms with Crippen LogP contribution in [-0.4, -0.2) is 26.6 Å². The Bertz CT molecular complexity index is 627. The first-order chi connectivity index (χ1) is 10.4. The molecule has 2 aliphatic rings. The SMILES string of the molecule is O=C(O)[C@H]1[C@@H]2C[C@@H]([C@@H](Br)[C@H]2Br)[C@@H]1C(=O)Nc1cccc(Cl)c1. The summed E-state index contributed by atoms with van der Waals surface area (Å²) in [6.45, 7) is 0. The minimum absolute atomic E-state index is 0.0228. The van der Waals surface area contributed by atoms with Gasteiger partial charge in [0.05, 0.1) is 11.8 Å². The molecule has 6 atom stereocenters. The van der Waals surface area contributed by atoms with E-state index in [9.17, 15) is 14.7 Å². The zero-order valence-electron chi connectivity index (χ0n) is 11.4. The maximum atomic E-state index is 12.6. The number of alkyl halides is 2. The fraction of sp³-hybridized carbons (Fsp3) is 0.467. The van der Waals surface area contributed by atoms with E-state index in [1.807, 2.05) is 0 Å². The van der Waals surface area contributed by atoms with Crippen LogP contribution in [0.3, 0.4) is 0 Å². The summed E-state index contributed by atoms with van der Waals surface area (Å²) in [4.78, 5) is 24.5. The highest BCUT2D eigenvalue weighted by atomic mass is 79.9. The van der Waals surface area contributed by atoms with Crippen molar-refractivity contribution in [3.63, 3.8) is 0 Å². The lowest BCUT2D eigenvalue weighted by Crippen LogP contribution is -2.45. The Kier molecular flexibility index (Phi) is 4.54. The molecule has 22 heavy (non-hydrogen) atoms. The summed E-state index contributed by atoms with van der Waals surface area (Å²) in [5, 5.41) is 12.9. The largest absolute Gasteiger partial charge is 0.481 e. The van der Waals surface area contributed by atoms with Crippen molar-refractivity contribution < 1.29 is 14.7 Å². The first-order valence-electron chi connectivity index (χ1n) is 6.97. The molecule has 0 aliphatic heterocycles. The fourth-order valence-electron chi connectivity index (χ4n) is 3.75. The van der Waals surface area contributed by atoms with E-state index in [-0.39, 0.29) is 27.4 Å². The second-order valence-corrected chi connectivity index (χ2v) is 8.39. The monoisotopic (exact) mass is 449 g/mol. The molecule has 0 unspecified atom stereocenters. The standard InChI is InChI=1S/C15H14Br2ClNO3/c16-12-8-5-9(13(12)17)11(15(21)22)10(8)14(20)19-7-3-1-2-6(18)4-7/h1-4,8-13H,5H2,(H,19,20)(H,21,22)/t8-,9+,10+,11+,12-,13+/m1/s1. The molecule has 4 nitrogen and oxygen atoms in total. The molecule has 0 radical (unpaired) electrons. The van der Waals surface area contributed by atoms with Crippen molar-refractivity contribution in [1.29, 1.82) is 0 Å². The van der Waals surface area contributed by atoms with Crippen molar-refractivity contribution in [1.82, 2.24) is 0 Å². The van der Waals surface area contributed by atoms with E-state index in [4.69, 9.17) is 11.6 Å². The van der Waals surface area contributed by atoms with Crippen LogP contribution < -0.4 is 5.32 Å². The molecule has 0 spiro atoms. The highest BCUT2D eigenvalue weighted by molar-refractivity contribution is 9.12. The zero-order valence-corrected chi connectivity index (χ0v) is 15.3. The normalized spacial score (nSPS) is 36.3. The van der Waals surface area contributed by atoms with Crippen LogP contribution in [0.2, 0.25) is 5.02 Å². The van der Waals surface area contributed by atoms with E-state index in [1.54, 1.807) is 24.3 Å². The molecule has 2 N–H and O–H groups in total. The summed E-state index contributed by atoms with van der Waals surface area (Å²) in [7, 11) is 0. The number of hydrogen-bond acceptors (Lipinski definition) is 2. The van der Waals surface area contributed by atoms with Crippen LogP contribution in [0, 0.1) is 23.7 Å². The number of anilines is 1. The first-order valence-corrected chi connectivity index (χ1v) is 9.18. The van der Waals surface area contributed by atoms with Gasteiger partial charge < -0.3 is 10.4 Å². The van der Waals surface area contributed by atoms with Crippen molar-refractivity contribution in [2.75, 3.05) is 5.32 Å². The lowest BCUT2D eigenvalue weighted by molar-refractivity contribution is -0.148. The van der Waals surface area contributed by atoms with Gasteiger partial charge in [-0.15, -0.1) is 0 Å². The Morgan fingerprint density at radius 3 is 2.41 bits per heavy atom. The summed E-state index contributed by atoms with van der Waals surface area (Å²) in [6.07, 6.45) is 0.746. The van der Waals surface area contributed by atoms with Gasteiger partial charge in [0, 0.05) is 20.4 Å². The first kappa shape index (κ1) is 16.3. The summed E-state index contributed by atoms with van der Waals surface area (Å²) in [5.41, 5.74) is 0.589. The second-order valence-electron chi connectivity index (χ2n) is 5.84. The summed E-state index contributed by atoms with van der Waals surface area (Å²) in [5.74, 6) is -2.33. The number of nitrogens with one attached hydrogen (secondary N) is 1. The molecule has 1 aromatic rings. The Labute approximate surface area is 149 Å². The zero-order chi connectivity index (χ0) is 16.0. The van der Waals surface area contributed by atoms with Crippen LogP contribution in [0.1, 0.15) is 6.42 Å². The smallest absolute Gasteiger partial charge is 0.307 e. The summed E-state index contributed by atoms with van der Waals surface area (Å²) < 4.78 is 0. The van der Waals surface area contributed by atoms with Crippen molar-refractivity contribution in [2.24, 2.45) is 23.7 Å². The number of aliphatic carboxylic acids is 1. The van der Waals surface area contributed by atoms with E-state index in [0.717, 1.165) is 6.42 Å². The van der Waals surface area contributed by atoms with E-state index in [0.29, 0.717) is 10.7 Å². The predicted octanol–water partition coefficient (Wildman–Crippen LogP) is 3.77. The molecule has 7 heteroatoms. The maximum Gasteiger partial charge on any atom is 0.307 e. The predicted molar refractivity (Wildman–Crippen MR) is 91.7 cm³/mol. The number of rotatable bonds is 3. The van der Waals surface area contributed by atoms with Gasteiger partial charge in [-0.1, -0.05) is 49.5 Å². The molecule has 2 fully saturated rings. The third-order valence-corrected chi connectivity index (χ3v) is 8.10. The van der Waals surface area contributed by atoms with Crippen LogP contribution in [0.5, 0.6) is 0 Å². The lowest BCUT2D eigenvalue weighted by atomic mass is 9.78. The van der Waals surface area contributed by atoms with Gasteiger partial charge in [0.1, 0.15) is 0 Å². The van der Waals surface area contributed by atoms with Crippen molar-refractivity contribution in [2.45, 2.75) is 16.1 Å². The number of halogens is 3. The van der Waals surface area contributed by atoms with Gasteiger partial charge in [0.15, 0.2) is 0 Å². The second kappa shape index (κ2) is 6.13. The molecular weight excluding hydrogens is 437 g/mol. The third-order valence-electron chi connectivity index (χ3n) is 4.66. The minimum atomic E-state index is -0.900. The van der Waals surface area contributed by atoms with Crippen molar-refractivity contribution in [3.8, 4) is 0 Å². The molecule has 1 amide bonds. The number of carboxylic acid groups (broad SMARTS) is 1. The molecular formula is C15H14Br2ClNO3. The minimum Gasteiger partial charge on any atom is -0.481 e. The average Bonchev–Trinajstić information content (AvgIpc) is 2.97. The molecule has 3 rings (SSSR count). The number of carbonyl (C=O) groups excluding carboxylic acids is 1. The van der Waals surface area contributed by atoms with Crippen LogP contribution in [-0.2, 0) is 9.59 Å². The summed E-state index contributed by atoms with van der Waals surface area (Å²) in [6, 6.07) is 6.86. The lowest BCUT2D eigenvalue weighted by Gasteiger charge is -2.33. The molecule has 0 heterocycles. The molecule has 2 bridgehead atoms. The Morgan fingerprint density at radius 1 is 1.18 bits per heavy atom. The van der Waals surface area contributed by atoms with Gasteiger partial charge in [-0.2, -0.15) is 0 Å². The number of hydrogen-bond donors (Lipinski definition) is 2. The van der Waals surface area contributed by atoms with E-state index >= 15 is 0 Å². The number of fused-ring (bicyclic) bond motifs is 2. The van der Waals surface area contributed by atoms with Gasteiger partial charge in [-0.3, -0.25) is 9.59 Å². The van der Waals surface area contributed by atoms with Gasteiger partial charge >= 0.3 is 5.97 Å². The van der Waals surface area contributed by atoms with Gasteiger partial charge in [-0.05, 0) is 36.5 Å². The van der Waals surface area contributed by atoms with Gasteiger partial charge in [0.2, 0.25) is 5.91 Å². The molecule has 2 aliphatic carbocycles. The van der Waals surface area contributed by atoms with Crippen LogP contribution in [0.4, 0.5) is 5.69 Å². The number of benzene rings is 1. The summed E-state index contributed by atoms with van der Waals surface area (Å²) >= 11 is 13.1. The highest BCUT2D eigenvalue weighted by Crippen LogP contribution is 2.57. The van der Waals surface area contributed by atoms with Gasteiger partial charge in [0.25, 0.3) is 0 Å². The maximum absolute atomic E-state index is 12.6. The Morgan fingerprint density at radius 2 is 1.82 bits per heavy atom. The Hall–Kier alpha value is -0.590. The highest BCUT2D eigenvalue weighted by Gasteiger charge is 2.61. The number of carboxylic acids is 1. The number of amides is 1. The quantitative estimate of drug-likeness (QED) is 0.688. The van der Waals surface area contributed by atoms with Crippen LogP contribution >= 0.6 is 43.5 Å². The Balaban J connectivity index is 1.83. The van der Waals surface area contributed by atoms with Crippen LogP contribution in [0.25, 0.3) is 0 Å². The molecule has 2 saturated carbocycles. The number of carbonyl (C=O) groups is 2. The topological polar surface area (TPSA) is 66.4 Å². The molecule has 1 aromatic carbocycles. The third kappa shape index (κ3) is 2.69. The van der Waals surface area contributed by atoms with Crippen molar-refractivity contribution in [3.05, 3.63) is 29.3 Å². The van der Waals surface area contributed by atoms with Crippen LogP contribution in [0.15, 0.2) is 24.3 Å². The van der Waals surface area contributed by atoms with Gasteiger partial charge in [-0.25, -0.2) is 0 Å². The van der Waals surface area contributed by atoms with E-state index < -0.39 is 17.8 Å². The molecule has 118 valence electrons. The molecule has 0 saturated heterocycles. The van der Waals surface area contributed by atoms with E-state index in [2.05, 4.69) is 37.2 Å². The molecule has 0 aromatic heterocycles. The fourth-order valence-corrected chi connectivity index (χ4v) is 5.82. The average molecular weight is 452 g/mol.